The van der Waals surface area contributed by atoms with Gasteiger partial charge in [0.2, 0.25) is 0 Å². The molecule has 1 aromatic rings. The summed E-state index contributed by atoms with van der Waals surface area (Å²) in [5.74, 6) is 1.78. The molecule has 0 saturated heterocycles. The maximum Gasteiger partial charge on any atom is 0.126 e. The van der Waals surface area contributed by atoms with Crippen LogP contribution in [0, 0.1) is 5.92 Å². The minimum absolute atomic E-state index is 0.506. The van der Waals surface area contributed by atoms with Crippen molar-refractivity contribution in [1.82, 2.24) is 4.98 Å². The number of fused-ring (bicyclic) bond motifs is 1. The zero-order valence-corrected chi connectivity index (χ0v) is 10.6. The molecule has 1 aromatic heterocycles. The molecule has 16 heavy (non-hydrogen) atoms. The van der Waals surface area contributed by atoms with Gasteiger partial charge >= 0.3 is 0 Å². The predicted octanol–water partition coefficient (Wildman–Crippen LogP) is 3.42. The zero-order chi connectivity index (χ0) is 11.5. The van der Waals surface area contributed by atoms with Crippen LogP contribution in [-0.4, -0.2) is 11.0 Å². The first kappa shape index (κ1) is 11.4. The van der Waals surface area contributed by atoms with Crippen molar-refractivity contribution in [2.24, 2.45) is 5.92 Å². The van der Waals surface area contributed by atoms with E-state index in [1.807, 2.05) is 0 Å². The monoisotopic (exact) mass is 218 g/mol. The molecule has 2 nitrogen and oxygen atoms in total. The van der Waals surface area contributed by atoms with Gasteiger partial charge in [0.25, 0.3) is 0 Å². The molecule has 2 heteroatoms. The summed E-state index contributed by atoms with van der Waals surface area (Å²) in [6.45, 7) is 6.75. The summed E-state index contributed by atoms with van der Waals surface area (Å²) >= 11 is 0. The van der Waals surface area contributed by atoms with Gasteiger partial charge < -0.3 is 5.32 Å². The summed E-state index contributed by atoms with van der Waals surface area (Å²) in [7, 11) is 0. The average molecular weight is 218 g/mol. The minimum atomic E-state index is 0.506. The molecule has 0 amide bonds. The van der Waals surface area contributed by atoms with Crippen LogP contribution in [0.3, 0.4) is 0 Å². The smallest absolute Gasteiger partial charge is 0.126 e. The normalized spacial score (nSPS) is 16.2. The minimum Gasteiger partial charge on any atom is -0.368 e. The van der Waals surface area contributed by atoms with Crippen molar-refractivity contribution in [3.05, 3.63) is 23.4 Å². The van der Waals surface area contributed by atoms with Gasteiger partial charge in [-0.3, -0.25) is 0 Å². The Morgan fingerprint density at radius 3 is 2.81 bits per heavy atom. The third-order valence-corrected chi connectivity index (χ3v) is 3.15. The number of rotatable bonds is 4. The van der Waals surface area contributed by atoms with Crippen LogP contribution < -0.4 is 5.32 Å². The average Bonchev–Trinajstić information content (AvgIpc) is 2.63. The Hall–Kier alpha value is -1.05. The summed E-state index contributed by atoms with van der Waals surface area (Å²) in [5, 5.41) is 3.49. The van der Waals surface area contributed by atoms with Gasteiger partial charge in [0.1, 0.15) is 5.82 Å². The van der Waals surface area contributed by atoms with E-state index in [-0.39, 0.29) is 0 Å². The summed E-state index contributed by atoms with van der Waals surface area (Å²) in [6, 6.07) is 4.87. The summed E-state index contributed by atoms with van der Waals surface area (Å²) in [5.41, 5.74) is 2.75. The Bertz CT molecular complexity index is 358. The van der Waals surface area contributed by atoms with Crippen molar-refractivity contribution >= 4 is 5.82 Å². The fourth-order valence-corrected chi connectivity index (χ4v) is 2.52. The fourth-order valence-electron chi connectivity index (χ4n) is 2.52. The molecule has 0 bridgehead atoms. The molecule has 0 radical (unpaired) electrons. The van der Waals surface area contributed by atoms with Gasteiger partial charge in [-0.05, 0) is 50.2 Å². The van der Waals surface area contributed by atoms with E-state index >= 15 is 0 Å². The highest BCUT2D eigenvalue weighted by molar-refractivity contribution is 5.41. The van der Waals surface area contributed by atoms with Crippen molar-refractivity contribution in [1.29, 1.82) is 0 Å². The van der Waals surface area contributed by atoms with Crippen molar-refractivity contribution in [2.45, 2.75) is 52.5 Å². The Kier molecular flexibility index (Phi) is 3.47. The first-order valence-corrected chi connectivity index (χ1v) is 6.40. The second-order valence-electron chi connectivity index (χ2n) is 5.33. The molecular weight excluding hydrogens is 196 g/mol. The van der Waals surface area contributed by atoms with Crippen molar-refractivity contribution in [3.63, 3.8) is 0 Å². The molecular formula is C14H22N2. The molecule has 1 unspecified atom stereocenters. The van der Waals surface area contributed by atoms with Gasteiger partial charge in [-0.25, -0.2) is 4.98 Å². The zero-order valence-electron chi connectivity index (χ0n) is 10.6. The number of aryl methyl sites for hydroxylation is 2. The van der Waals surface area contributed by atoms with Crippen LogP contribution >= 0.6 is 0 Å². The molecule has 0 saturated carbocycles. The van der Waals surface area contributed by atoms with Gasteiger partial charge in [0, 0.05) is 11.7 Å². The number of aromatic nitrogens is 1. The van der Waals surface area contributed by atoms with Gasteiger partial charge in [0.15, 0.2) is 0 Å². The van der Waals surface area contributed by atoms with E-state index in [1.165, 1.54) is 30.5 Å². The van der Waals surface area contributed by atoms with E-state index < -0.39 is 0 Å². The lowest BCUT2D eigenvalue weighted by Crippen LogP contribution is -2.18. The molecule has 0 aliphatic heterocycles. The number of anilines is 1. The van der Waals surface area contributed by atoms with Crippen LogP contribution in [0.2, 0.25) is 0 Å². The predicted molar refractivity (Wildman–Crippen MR) is 68.8 cm³/mol. The summed E-state index contributed by atoms with van der Waals surface area (Å²) < 4.78 is 0. The number of hydrogen-bond donors (Lipinski definition) is 1. The SMILES string of the molecule is CC(C)CC(C)Nc1ccc2c(n1)CCC2. The third-order valence-electron chi connectivity index (χ3n) is 3.15. The lowest BCUT2D eigenvalue weighted by molar-refractivity contribution is 0.539. The number of hydrogen-bond acceptors (Lipinski definition) is 2. The van der Waals surface area contributed by atoms with Crippen LogP contribution in [-0.2, 0) is 12.8 Å². The molecule has 88 valence electrons. The molecule has 2 rings (SSSR count). The van der Waals surface area contributed by atoms with Crippen LogP contribution in [0.5, 0.6) is 0 Å². The van der Waals surface area contributed by atoms with E-state index in [9.17, 15) is 0 Å². The highest BCUT2D eigenvalue weighted by atomic mass is 15.0. The molecule has 1 heterocycles. The standard InChI is InChI=1S/C14H22N2/c1-10(2)9-11(3)15-14-8-7-12-5-4-6-13(12)16-14/h7-8,10-11H,4-6,9H2,1-3H3,(H,15,16). The lowest BCUT2D eigenvalue weighted by Gasteiger charge is -2.17. The first-order chi connectivity index (χ1) is 7.65. The Morgan fingerprint density at radius 1 is 1.25 bits per heavy atom. The Labute approximate surface area is 98.5 Å². The van der Waals surface area contributed by atoms with Gasteiger partial charge in [-0.15, -0.1) is 0 Å². The maximum atomic E-state index is 4.69. The molecule has 1 N–H and O–H groups in total. The molecule has 1 aliphatic carbocycles. The largest absolute Gasteiger partial charge is 0.368 e. The van der Waals surface area contributed by atoms with Crippen LogP contribution in [0.1, 0.15) is 44.9 Å². The Morgan fingerprint density at radius 2 is 2.06 bits per heavy atom. The van der Waals surface area contributed by atoms with Gasteiger partial charge in [-0.2, -0.15) is 0 Å². The fraction of sp³-hybridized carbons (Fsp3) is 0.643. The molecule has 1 aliphatic rings. The van der Waals surface area contributed by atoms with Gasteiger partial charge in [-0.1, -0.05) is 19.9 Å². The highest BCUT2D eigenvalue weighted by Crippen LogP contribution is 2.22. The van der Waals surface area contributed by atoms with E-state index in [2.05, 4.69) is 43.2 Å². The second-order valence-corrected chi connectivity index (χ2v) is 5.33. The quantitative estimate of drug-likeness (QED) is 0.837. The Balaban J connectivity index is 1.99. The van der Waals surface area contributed by atoms with E-state index in [0.29, 0.717) is 6.04 Å². The van der Waals surface area contributed by atoms with E-state index in [0.717, 1.165) is 18.2 Å². The third kappa shape index (κ3) is 2.75. The summed E-state index contributed by atoms with van der Waals surface area (Å²) in [4.78, 5) is 4.69. The van der Waals surface area contributed by atoms with E-state index in [4.69, 9.17) is 0 Å². The number of nitrogens with one attached hydrogen (secondary N) is 1. The maximum absolute atomic E-state index is 4.69. The second kappa shape index (κ2) is 4.86. The molecule has 1 atom stereocenters. The van der Waals surface area contributed by atoms with Gasteiger partial charge in [0.05, 0.1) is 0 Å². The van der Waals surface area contributed by atoms with Crippen LogP contribution in [0.15, 0.2) is 12.1 Å². The number of pyridine rings is 1. The van der Waals surface area contributed by atoms with Crippen molar-refractivity contribution < 1.29 is 0 Å². The highest BCUT2D eigenvalue weighted by Gasteiger charge is 2.13. The van der Waals surface area contributed by atoms with Crippen LogP contribution in [0.25, 0.3) is 0 Å². The number of nitrogens with zero attached hydrogens (tertiary/aromatic N) is 1. The molecule has 0 aromatic carbocycles. The van der Waals surface area contributed by atoms with E-state index in [1.54, 1.807) is 0 Å². The topological polar surface area (TPSA) is 24.9 Å². The van der Waals surface area contributed by atoms with Crippen molar-refractivity contribution in [2.75, 3.05) is 5.32 Å². The summed E-state index contributed by atoms with van der Waals surface area (Å²) in [6.07, 6.45) is 4.83. The molecule has 0 fully saturated rings. The van der Waals surface area contributed by atoms with Crippen molar-refractivity contribution in [3.8, 4) is 0 Å². The molecule has 0 spiro atoms. The first-order valence-electron chi connectivity index (χ1n) is 6.40. The van der Waals surface area contributed by atoms with Crippen LogP contribution in [0.4, 0.5) is 5.82 Å². The lowest BCUT2D eigenvalue weighted by atomic mass is 10.1.